The van der Waals surface area contributed by atoms with Crippen LogP contribution in [0.4, 0.5) is 0 Å². The van der Waals surface area contributed by atoms with Gasteiger partial charge in [-0.2, -0.15) is 0 Å². The number of benzene rings is 1. The molecule has 0 aliphatic carbocycles. The average molecular weight is 256 g/mol. The molecule has 0 aliphatic rings. The number of para-hydroxylation sites is 1. The van der Waals surface area contributed by atoms with E-state index in [1.54, 1.807) is 0 Å². The molecule has 19 heavy (non-hydrogen) atoms. The van der Waals surface area contributed by atoms with Crippen LogP contribution in [0.3, 0.4) is 0 Å². The summed E-state index contributed by atoms with van der Waals surface area (Å²) in [5.41, 5.74) is 1.09. The van der Waals surface area contributed by atoms with Crippen molar-refractivity contribution >= 4 is 0 Å². The first-order valence-corrected chi connectivity index (χ1v) is 6.92. The van der Waals surface area contributed by atoms with Crippen LogP contribution in [-0.4, -0.2) is 9.97 Å². The van der Waals surface area contributed by atoms with Crippen molar-refractivity contribution in [3.05, 3.63) is 48.4 Å². The molecular formula is C16H20N2O. The van der Waals surface area contributed by atoms with Gasteiger partial charge in [-0.1, -0.05) is 44.4 Å². The summed E-state index contributed by atoms with van der Waals surface area (Å²) in [6.45, 7) is 2.22. The minimum atomic E-state index is 0.678. The van der Waals surface area contributed by atoms with Gasteiger partial charge in [0.1, 0.15) is 12.1 Å². The summed E-state index contributed by atoms with van der Waals surface area (Å²) in [5.74, 6) is 1.49. The van der Waals surface area contributed by atoms with E-state index in [1.807, 2.05) is 36.5 Å². The van der Waals surface area contributed by atoms with Crippen LogP contribution in [0, 0.1) is 0 Å². The Hall–Kier alpha value is -1.90. The smallest absolute Gasteiger partial charge is 0.225 e. The molecule has 100 valence electrons. The van der Waals surface area contributed by atoms with E-state index in [9.17, 15) is 0 Å². The molecule has 0 atom stereocenters. The van der Waals surface area contributed by atoms with Gasteiger partial charge in [-0.05, 0) is 25.0 Å². The van der Waals surface area contributed by atoms with Crippen LogP contribution < -0.4 is 4.74 Å². The molecule has 0 aliphatic heterocycles. The third-order valence-electron chi connectivity index (χ3n) is 3.00. The lowest BCUT2D eigenvalue weighted by molar-refractivity contribution is 0.452. The second kappa shape index (κ2) is 7.52. The lowest BCUT2D eigenvalue weighted by atomic mass is 10.1. The number of hydrogen-bond donors (Lipinski definition) is 0. The van der Waals surface area contributed by atoms with Crippen molar-refractivity contribution in [1.82, 2.24) is 9.97 Å². The minimum Gasteiger partial charge on any atom is -0.439 e. The zero-order valence-electron chi connectivity index (χ0n) is 11.4. The van der Waals surface area contributed by atoms with Gasteiger partial charge in [0.2, 0.25) is 5.88 Å². The van der Waals surface area contributed by atoms with Crippen molar-refractivity contribution in [2.24, 2.45) is 0 Å². The van der Waals surface area contributed by atoms with E-state index >= 15 is 0 Å². The summed E-state index contributed by atoms with van der Waals surface area (Å²) in [6, 6.07) is 9.75. The van der Waals surface area contributed by atoms with E-state index in [0.717, 1.165) is 24.2 Å². The van der Waals surface area contributed by atoms with Gasteiger partial charge in [0.05, 0.1) is 0 Å². The zero-order valence-corrected chi connectivity index (χ0v) is 11.4. The Morgan fingerprint density at radius 1 is 1.05 bits per heavy atom. The number of rotatable bonds is 7. The molecule has 0 fully saturated rings. The average Bonchev–Trinajstić information content (AvgIpc) is 2.46. The summed E-state index contributed by atoms with van der Waals surface area (Å²) < 4.78 is 5.82. The first-order chi connectivity index (χ1) is 9.40. The Balaban J connectivity index is 2.00. The summed E-state index contributed by atoms with van der Waals surface area (Å²) in [4.78, 5) is 8.33. The van der Waals surface area contributed by atoms with Gasteiger partial charge in [-0.15, -0.1) is 0 Å². The molecule has 1 aromatic heterocycles. The molecule has 0 unspecified atom stereocenters. The monoisotopic (exact) mass is 256 g/mol. The van der Waals surface area contributed by atoms with E-state index in [-0.39, 0.29) is 0 Å². The number of unbranched alkanes of at least 4 members (excludes halogenated alkanes) is 3. The van der Waals surface area contributed by atoms with E-state index in [1.165, 1.54) is 25.6 Å². The summed E-state index contributed by atoms with van der Waals surface area (Å²) >= 11 is 0. The molecule has 0 bridgehead atoms. The van der Waals surface area contributed by atoms with Crippen LogP contribution in [0.25, 0.3) is 0 Å². The highest BCUT2D eigenvalue weighted by Crippen LogP contribution is 2.23. The van der Waals surface area contributed by atoms with Gasteiger partial charge < -0.3 is 4.74 Å². The van der Waals surface area contributed by atoms with E-state index in [0.29, 0.717) is 5.88 Å². The van der Waals surface area contributed by atoms with Gasteiger partial charge in [-0.25, -0.2) is 9.97 Å². The third kappa shape index (κ3) is 4.36. The number of aryl methyl sites for hydroxylation is 1. The highest BCUT2D eigenvalue weighted by atomic mass is 16.5. The van der Waals surface area contributed by atoms with Crippen molar-refractivity contribution in [2.45, 2.75) is 39.0 Å². The summed E-state index contributed by atoms with van der Waals surface area (Å²) in [5, 5.41) is 0. The van der Waals surface area contributed by atoms with Crippen LogP contribution in [0.2, 0.25) is 0 Å². The van der Waals surface area contributed by atoms with Crippen molar-refractivity contribution in [3.63, 3.8) is 0 Å². The van der Waals surface area contributed by atoms with Gasteiger partial charge >= 0.3 is 0 Å². The van der Waals surface area contributed by atoms with E-state index < -0.39 is 0 Å². The van der Waals surface area contributed by atoms with Crippen molar-refractivity contribution in [1.29, 1.82) is 0 Å². The molecular weight excluding hydrogens is 236 g/mol. The zero-order chi connectivity index (χ0) is 13.3. The maximum atomic E-state index is 5.82. The molecule has 0 saturated heterocycles. The summed E-state index contributed by atoms with van der Waals surface area (Å²) in [6.07, 6.45) is 9.30. The molecule has 1 heterocycles. The second-order valence-electron chi connectivity index (χ2n) is 4.58. The Bertz CT molecular complexity index is 485. The SMILES string of the molecule is CCCCCCc1cncnc1Oc1ccccc1. The molecule has 0 N–H and O–H groups in total. The lowest BCUT2D eigenvalue weighted by Gasteiger charge is -2.09. The fraction of sp³-hybridized carbons (Fsp3) is 0.375. The number of ether oxygens (including phenoxy) is 1. The van der Waals surface area contributed by atoms with Crippen molar-refractivity contribution in [2.75, 3.05) is 0 Å². The fourth-order valence-corrected chi connectivity index (χ4v) is 1.95. The molecule has 0 amide bonds. The van der Waals surface area contributed by atoms with Crippen LogP contribution in [-0.2, 0) is 6.42 Å². The predicted octanol–water partition coefficient (Wildman–Crippen LogP) is 4.39. The van der Waals surface area contributed by atoms with E-state index in [2.05, 4.69) is 16.9 Å². The first-order valence-electron chi connectivity index (χ1n) is 6.92. The number of nitrogens with zero attached hydrogens (tertiary/aromatic N) is 2. The Labute approximate surface area is 114 Å². The van der Waals surface area contributed by atoms with Crippen molar-refractivity contribution < 1.29 is 4.74 Å². The van der Waals surface area contributed by atoms with Crippen LogP contribution in [0.1, 0.15) is 38.2 Å². The fourth-order valence-electron chi connectivity index (χ4n) is 1.95. The maximum absolute atomic E-state index is 5.82. The molecule has 2 aromatic rings. The quantitative estimate of drug-likeness (QED) is 0.689. The van der Waals surface area contributed by atoms with Crippen molar-refractivity contribution in [3.8, 4) is 11.6 Å². The highest BCUT2D eigenvalue weighted by molar-refractivity contribution is 5.30. The van der Waals surface area contributed by atoms with Gasteiger partial charge in [0.25, 0.3) is 0 Å². The molecule has 3 heteroatoms. The number of hydrogen-bond acceptors (Lipinski definition) is 3. The maximum Gasteiger partial charge on any atom is 0.225 e. The van der Waals surface area contributed by atoms with Crippen LogP contribution >= 0.6 is 0 Å². The molecule has 2 rings (SSSR count). The summed E-state index contributed by atoms with van der Waals surface area (Å²) in [7, 11) is 0. The Kier molecular flexibility index (Phi) is 5.35. The van der Waals surface area contributed by atoms with Crippen LogP contribution in [0.15, 0.2) is 42.9 Å². The first kappa shape index (κ1) is 13.5. The highest BCUT2D eigenvalue weighted by Gasteiger charge is 2.06. The van der Waals surface area contributed by atoms with Crippen LogP contribution in [0.5, 0.6) is 11.6 Å². The minimum absolute atomic E-state index is 0.678. The normalized spacial score (nSPS) is 10.4. The largest absolute Gasteiger partial charge is 0.439 e. The van der Waals surface area contributed by atoms with E-state index in [4.69, 9.17) is 4.74 Å². The topological polar surface area (TPSA) is 35.0 Å². The second-order valence-corrected chi connectivity index (χ2v) is 4.58. The molecule has 0 spiro atoms. The molecule has 0 saturated carbocycles. The third-order valence-corrected chi connectivity index (χ3v) is 3.00. The lowest BCUT2D eigenvalue weighted by Crippen LogP contribution is -1.96. The van der Waals surface area contributed by atoms with Gasteiger partial charge in [0.15, 0.2) is 0 Å². The Morgan fingerprint density at radius 2 is 1.89 bits per heavy atom. The van der Waals surface area contributed by atoms with Gasteiger partial charge in [-0.3, -0.25) is 0 Å². The van der Waals surface area contributed by atoms with Gasteiger partial charge in [0, 0.05) is 11.8 Å². The molecule has 0 radical (unpaired) electrons. The molecule has 3 nitrogen and oxygen atoms in total. The number of aromatic nitrogens is 2. The Morgan fingerprint density at radius 3 is 2.68 bits per heavy atom. The molecule has 1 aromatic carbocycles. The predicted molar refractivity (Wildman–Crippen MR) is 76.4 cm³/mol. The standard InChI is InChI=1S/C16H20N2O/c1-2-3-4-6-9-14-12-17-13-18-16(14)19-15-10-7-5-8-11-15/h5,7-8,10-13H,2-4,6,9H2,1H3.